The van der Waals surface area contributed by atoms with Crippen LogP contribution in [-0.2, 0) is 20.4 Å². The smallest absolute Gasteiger partial charge is 0.162 e. The molecule has 2 aliphatic carbocycles. The third-order valence-electron chi connectivity index (χ3n) is 10.2. The van der Waals surface area contributed by atoms with E-state index in [2.05, 4.69) is 73.0 Å². The van der Waals surface area contributed by atoms with Crippen LogP contribution in [0.15, 0.2) is 88.7 Å². The maximum Gasteiger partial charge on any atom is 0.162 e. The normalized spacial score (nSPS) is 25.9. The van der Waals surface area contributed by atoms with Gasteiger partial charge in [0.15, 0.2) is 11.6 Å². The van der Waals surface area contributed by atoms with Crippen LogP contribution >= 0.6 is 22.7 Å². The Labute approximate surface area is 265 Å². The fraction of sp³-hybridized carbons (Fsp3) is 0.333. The number of allylic oxidation sites excluding steroid dienone is 4. The van der Waals surface area contributed by atoms with Gasteiger partial charge >= 0.3 is 0 Å². The van der Waals surface area contributed by atoms with Gasteiger partial charge in [-0.1, -0.05) is 74.5 Å². The highest BCUT2D eigenvalue weighted by Gasteiger charge is 2.52. The van der Waals surface area contributed by atoms with Gasteiger partial charge in [-0.25, -0.2) is 9.97 Å². The van der Waals surface area contributed by atoms with Gasteiger partial charge in [-0.2, -0.15) is 0 Å². The lowest BCUT2D eigenvalue weighted by Crippen LogP contribution is -2.41. The monoisotopic (exact) mass is 618 g/mol. The highest BCUT2D eigenvalue weighted by molar-refractivity contribution is 7.12. The minimum absolute atomic E-state index is 0.0604. The van der Waals surface area contributed by atoms with Crippen LogP contribution in [0.2, 0.25) is 0 Å². The lowest BCUT2D eigenvalue weighted by atomic mass is 9.64. The van der Waals surface area contributed by atoms with E-state index in [4.69, 9.17) is 9.97 Å². The Morgan fingerprint density at radius 1 is 0.773 bits per heavy atom. The molecule has 0 radical (unpaired) electrons. The number of benzene rings is 2. The van der Waals surface area contributed by atoms with E-state index >= 15 is 0 Å². The SMILES string of the molecule is CC[C@@]1(c2ccccc2)C2=C(CC(c3nc4c(s3)[C@@](CC)(c3ccccc3)C3=C(CCCC3=O)N4)CC2=O)Nc2ncsc21. The molecule has 6 nitrogen and oxygen atoms in total. The van der Waals surface area contributed by atoms with Crippen LogP contribution in [-0.4, -0.2) is 21.5 Å². The number of hydrogen-bond donors (Lipinski definition) is 2. The number of hydrogen-bond acceptors (Lipinski definition) is 8. The summed E-state index contributed by atoms with van der Waals surface area (Å²) in [6, 6.07) is 20.9. The van der Waals surface area contributed by atoms with Crippen LogP contribution in [0, 0.1) is 0 Å². The van der Waals surface area contributed by atoms with Gasteiger partial charge in [-0.05, 0) is 43.2 Å². The Bertz CT molecular complexity index is 1870. The Balaban J connectivity index is 1.25. The van der Waals surface area contributed by atoms with Crippen molar-refractivity contribution in [2.45, 2.75) is 75.5 Å². The Morgan fingerprint density at radius 3 is 2.09 bits per heavy atom. The van der Waals surface area contributed by atoms with Gasteiger partial charge in [0, 0.05) is 41.3 Å². The molecule has 4 aliphatic rings. The lowest BCUT2D eigenvalue weighted by Gasteiger charge is -2.42. The van der Waals surface area contributed by atoms with E-state index in [0.717, 1.165) is 85.7 Å². The van der Waals surface area contributed by atoms with E-state index in [1.165, 1.54) is 0 Å². The number of ketones is 2. The largest absolute Gasteiger partial charge is 0.342 e. The zero-order valence-electron chi connectivity index (χ0n) is 24.9. The summed E-state index contributed by atoms with van der Waals surface area (Å²) in [6.07, 6.45) is 4.92. The molecule has 0 saturated heterocycles. The van der Waals surface area contributed by atoms with Crippen molar-refractivity contribution in [2.24, 2.45) is 0 Å². The van der Waals surface area contributed by atoms with Crippen LogP contribution in [0.5, 0.6) is 0 Å². The Morgan fingerprint density at radius 2 is 1.41 bits per heavy atom. The Kier molecular flexibility index (Phi) is 6.50. The number of rotatable bonds is 5. The molecule has 0 bridgehead atoms. The molecule has 0 fully saturated rings. The van der Waals surface area contributed by atoms with Crippen molar-refractivity contribution in [2.75, 3.05) is 10.6 Å². The number of thiazole rings is 2. The average Bonchev–Trinajstić information content (AvgIpc) is 3.71. The summed E-state index contributed by atoms with van der Waals surface area (Å²) in [5, 5.41) is 8.16. The summed E-state index contributed by atoms with van der Waals surface area (Å²) in [5.74, 6) is 2.05. The molecule has 2 aromatic carbocycles. The minimum atomic E-state index is -0.545. The highest BCUT2D eigenvalue weighted by Crippen LogP contribution is 2.57. The summed E-state index contributed by atoms with van der Waals surface area (Å²) >= 11 is 3.30. The second kappa shape index (κ2) is 10.3. The fourth-order valence-electron chi connectivity index (χ4n) is 8.28. The molecular weight excluding hydrogens is 585 g/mol. The fourth-order valence-corrected chi connectivity index (χ4v) is 10.7. The lowest BCUT2D eigenvalue weighted by molar-refractivity contribution is -0.117. The van der Waals surface area contributed by atoms with Gasteiger partial charge in [-0.15, -0.1) is 22.7 Å². The van der Waals surface area contributed by atoms with Crippen molar-refractivity contribution in [1.82, 2.24) is 9.97 Å². The number of aromatic nitrogens is 2. The summed E-state index contributed by atoms with van der Waals surface area (Å²) in [7, 11) is 0. The molecule has 4 heterocycles. The van der Waals surface area contributed by atoms with E-state index in [0.29, 0.717) is 19.3 Å². The molecule has 4 aromatic rings. The summed E-state index contributed by atoms with van der Waals surface area (Å²) < 4.78 is 0. The maximum atomic E-state index is 14.4. The number of fused-ring (bicyclic) bond motifs is 2. The number of anilines is 2. The molecule has 2 aromatic heterocycles. The number of nitrogens with one attached hydrogen (secondary N) is 2. The zero-order valence-corrected chi connectivity index (χ0v) is 26.5. The molecule has 3 atom stereocenters. The number of Topliss-reactive ketones (excluding diaryl/α,β-unsaturated/α-hetero) is 2. The molecule has 8 rings (SSSR count). The van der Waals surface area contributed by atoms with Gasteiger partial charge in [0.2, 0.25) is 0 Å². The van der Waals surface area contributed by atoms with Crippen LogP contribution in [0.4, 0.5) is 11.6 Å². The molecule has 44 heavy (non-hydrogen) atoms. The van der Waals surface area contributed by atoms with Gasteiger partial charge in [0.25, 0.3) is 0 Å². The van der Waals surface area contributed by atoms with E-state index < -0.39 is 10.8 Å². The molecule has 2 aliphatic heterocycles. The predicted octanol–water partition coefficient (Wildman–Crippen LogP) is 8.25. The standard InChI is InChI=1S/C36H34N4O2S2/c1-3-35(22-12-7-5-8-13-22)29-25(39-32-30(35)43-20-37-32)18-21(19-27(29)42)34-40-33-31(44-34)36(4-2,23-14-9-6-10-15-23)28-24(38-33)16-11-17-26(28)41/h5-10,12-15,20-21,38-39H,3-4,11,16-19H2,1-2H3/t21?,35-,36+/m1/s1. The van der Waals surface area contributed by atoms with Gasteiger partial charge in [0.1, 0.15) is 11.6 Å². The highest BCUT2D eigenvalue weighted by atomic mass is 32.1. The number of carbonyl (C=O) groups is 2. The maximum absolute atomic E-state index is 14.4. The molecule has 0 amide bonds. The predicted molar refractivity (Wildman–Crippen MR) is 176 cm³/mol. The topological polar surface area (TPSA) is 84.0 Å². The second-order valence-electron chi connectivity index (χ2n) is 12.3. The van der Waals surface area contributed by atoms with Crippen LogP contribution in [0.1, 0.15) is 90.6 Å². The zero-order chi connectivity index (χ0) is 30.1. The van der Waals surface area contributed by atoms with Gasteiger partial charge in [0.05, 0.1) is 31.1 Å². The van der Waals surface area contributed by atoms with Crippen molar-refractivity contribution in [3.05, 3.63) is 115 Å². The first kappa shape index (κ1) is 27.7. The molecular formula is C36H34N4O2S2. The van der Waals surface area contributed by atoms with Crippen LogP contribution in [0.3, 0.4) is 0 Å². The van der Waals surface area contributed by atoms with Gasteiger partial charge in [-0.3, -0.25) is 9.59 Å². The Hall–Kier alpha value is -3.88. The van der Waals surface area contributed by atoms with E-state index in [1.807, 2.05) is 17.6 Å². The van der Waals surface area contributed by atoms with Gasteiger partial charge < -0.3 is 10.6 Å². The van der Waals surface area contributed by atoms with Crippen molar-refractivity contribution >= 4 is 45.9 Å². The van der Waals surface area contributed by atoms with E-state index in [-0.39, 0.29) is 17.5 Å². The minimum Gasteiger partial charge on any atom is -0.342 e. The van der Waals surface area contributed by atoms with Crippen LogP contribution < -0.4 is 10.6 Å². The van der Waals surface area contributed by atoms with Crippen molar-refractivity contribution in [3.63, 3.8) is 0 Å². The third kappa shape index (κ3) is 3.76. The molecule has 8 heteroatoms. The number of carbonyl (C=O) groups excluding carboxylic acids is 2. The van der Waals surface area contributed by atoms with Crippen molar-refractivity contribution in [1.29, 1.82) is 0 Å². The first-order valence-electron chi connectivity index (χ1n) is 15.6. The summed E-state index contributed by atoms with van der Waals surface area (Å²) in [5.41, 5.74) is 6.87. The molecule has 1 unspecified atom stereocenters. The van der Waals surface area contributed by atoms with E-state index in [9.17, 15) is 9.59 Å². The summed E-state index contributed by atoms with van der Waals surface area (Å²) in [6.45, 7) is 4.36. The van der Waals surface area contributed by atoms with Crippen molar-refractivity contribution < 1.29 is 9.59 Å². The quantitative estimate of drug-likeness (QED) is 0.234. The van der Waals surface area contributed by atoms with E-state index in [1.54, 1.807) is 22.7 Å². The summed E-state index contributed by atoms with van der Waals surface area (Å²) in [4.78, 5) is 40.1. The average molecular weight is 619 g/mol. The molecule has 0 saturated carbocycles. The molecule has 2 N–H and O–H groups in total. The third-order valence-corrected chi connectivity index (χ3v) is 12.6. The van der Waals surface area contributed by atoms with Crippen LogP contribution in [0.25, 0.3) is 0 Å². The first-order chi connectivity index (χ1) is 21.5. The first-order valence-corrected chi connectivity index (χ1v) is 17.3. The molecule has 222 valence electrons. The van der Waals surface area contributed by atoms with Crippen molar-refractivity contribution in [3.8, 4) is 0 Å². The number of nitrogens with zero attached hydrogens (tertiary/aromatic N) is 2. The second-order valence-corrected chi connectivity index (χ2v) is 14.2. The molecule has 0 spiro atoms.